The smallest absolute Gasteiger partial charge is 0.157 e. The van der Waals surface area contributed by atoms with Crippen molar-refractivity contribution in [2.45, 2.75) is 5.75 Å². The van der Waals surface area contributed by atoms with E-state index in [1.807, 2.05) is 23.6 Å². The van der Waals surface area contributed by atoms with Crippen LogP contribution in [0.3, 0.4) is 0 Å². The Morgan fingerprint density at radius 3 is 2.12 bits per heavy atom. The molecule has 24 heavy (non-hydrogen) atoms. The lowest BCUT2D eigenvalue weighted by Gasteiger charge is -2.14. The third-order valence-corrected chi connectivity index (χ3v) is 4.18. The van der Waals surface area contributed by atoms with Crippen LogP contribution in [0.4, 0.5) is 0 Å². The lowest BCUT2D eigenvalue weighted by Crippen LogP contribution is -1.97. The summed E-state index contributed by atoms with van der Waals surface area (Å²) in [5, 5.41) is 20.7. The largest absolute Gasteiger partial charge is 0.504 e. The first-order valence-electron chi connectivity index (χ1n) is 7.18. The fourth-order valence-electron chi connectivity index (χ4n) is 2.12. The number of phenols is 2. The maximum atomic E-state index is 9.49. The minimum absolute atomic E-state index is 0.132. The molecule has 0 unspecified atom stereocenters. The maximum absolute atomic E-state index is 9.49. The second-order valence-electron chi connectivity index (χ2n) is 4.87. The molecule has 0 heterocycles. The molecule has 2 aromatic carbocycles. The summed E-state index contributed by atoms with van der Waals surface area (Å²) >= 11 is 1.56. The van der Waals surface area contributed by atoms with E-state index < -0.39 is 0 Å². The van der Waals surface area contributed by atoms with Crippen molar-refractivity contribution in [3.8, 4) is 28.7 Å². The van der Waals surface area contributed by atoms with E-state index in [1.54, 1.807) is 39.2 Å². The molecule has 0 aliphatic heterocycles. The molecule has 0 atom stereocenters. The van der Waals surface area contributed by atoms with Crippen LogP contribution in [0.15, 0.2) is 35.7 Å². The fraction of sp³-hybridized carbons (Fsp3) is 0.222. The Hall–Kier alpha value is -2.47. The lowest BCUT2D eigenvalue weighted by molar-refractivity contribution is 0.371. The number of hydrogen-bond acceptors (Lipinski definition) is 6. The quantitative estimate of drug-likeness (QED) is 0.737. The minimum Gasteiger partial charge on any atom is -0.504 e. The monoisotopic (exact) mass is 348 g/mol. The van der Waals surface area contributed by atoms with E-state index in [2.05, 4.69) is 0 Å². The summed E-state index contributed by atoms with van der Waals surface area (Å²) in [7, 11) is 4.81. The highest BCUT2D eigenvalue weighted by Gasteiger charge is 2.12. The zero-order valence-corrected chi connectivity index (χ0v) is 14.6. The summed E-state index contributed by atoms with van der Waals surface area (Å²) in [5.41, 5.74) is 1.73. The summed E-state index contributed by atoms with van der Waals surface area (Å²) in [4.78, 5) is 0. The molecule has 2 rings (SSSR count). The van der Waals surface area contributed by atoms with Gasteiger partial charge in [-0.15, -0.1) is 11.8 Å². The van der Waals surface area contributed by atoms with Gasteiger partial charge >= 0.3 is 0 Å². The van der Waals surface area contributed by atoms with Gasteiger partial charge in [0.1, 0.15) is 17.2 Å². The first kappa shape index (κ1) is 17.9. The van der Waals surface area contributed by atoms with Gasteiger partial charge in [-0.25, -0.2) is 0 Å². The highest BCUT2D eigenvalue weighted by Crippen LogP contribution is 2.36. The van der Waals surface area contributed by atoms with Crippen molar-refractivity contribution in [1.82, 2.24) is 0 Å². The van der Waals surface area contributed by atoms with Gasteiger partial charge < -0.3 is 24.4 Å². The molecular formula is C18H20O5S. The van der Waals surface area contributed by atoms with Crippen molar-refractivity contribution >= 4 is 17.8 Å². The number of aromatic hydroxyl groups is 2. The Morgan fingerprint density at radius 2 is 1.58 bits per heavy atom. The van der Waals surface area contributed by atoms with Crippen LogP contribution >= 0.6 is 11.8 Å². The number of phenolic OH excluding ortho intramolecular Hbond substituents is 2. The standard InChI is InChI=1S/C18H20O5S/c1-21-13-9-17(22-2)14(18(10-13)23-3)11-24-7-6-12-4-5-15(19)16(20)8-12/h4-10,19-20H,11H2,1-3H3. The minimum atomic E-state index is -0.138. The first-order valence-corrected chi connectivity index (χ1v) is 8.23. The van der Waals surface area contributed by atoms with E-state index in [0.717, 1.165) is 11.1 Å². The van der Waals surface area contributed by atoms with Gasteiger partial charge in [0.05, 0.1) is 21.3 Å². The van der Waals surface area contributed by atoms with E-state index in [-0.39, 0.29) is 11.5 Å². The second-order valence-corrected chi connectivity index (χ2v) is 5.77. The van der Waals surface area contributed by atoms with Crippen LogP contribution in [0, 0.1) is 0 Å². The van der Waals surface area contributed by atoms with E-state index >= 15 is 0 Å². The van der Waals surface area contributed by atoms with E-state index in [9.17, 15) is 10.2 Å². The van der Waals surface area contributed by atoms with Crippen LogP contribution in [0.1, 0.15) is 11.1 Å². The van der Waals surface area contributed by atoms with Crippen molar-refractivity contribution in [1.29, 1.82) is 0 Å². The Balaban J connectivity index is 2.10. The molecule has 0 bridgehead atoms. The molecular weight excluding hydrogens is 328 g/mol. The zero-order valence-electron chi connectivity index (χ0n) is 13.8. The van der Waals surface area contributed by atoms with Crippen molar-refractivity contribution < 1.29 is 24.4 Å². The summed E-state index contributed by atoms with van der Waals surface area (Å²) in [6.45, 7) is 0. The second kappa shape index (κ2) is 8.40. The average molecular weight is 348 g/mol. The number of ether oxygens (including phenoxy) is 3. The predicted octanol–water partition coefficient (Wildman–Crippen LogP) is 4.03. The van der Waals surface area contributed by atoms with Crippen LogP contribution < -0.4 is 14.2 Å². The topological polar surface area (TPSA) is 68.2 Å². The van der Waals surface area contributed by atoms with Crippen LogP contribution in [-0.2, 0) is 5.75 Å². The highest BCUT2D eigenvalue weighted by atomic mass is 32.2. The van der Waals surface area contributed by atoms with E-state index in [0.29, 0.717) is 23.0 Å². The summed E-state index contributed by atoms with van der Waals surface area (Å²) < 4.78 is 16.1. The van der Waals surface area contributed by atoms with Crippen LogP contribution in [0.25, 0.3) is 6.08 Å². The Morgan fingerprint density at radius 1 is 0.917 bits per heavy atom. The molecule has 0 aromatic heterocycles. The van der Waals surface area contributed by atoms with E-state index in [4.69, 9.17) is 14.2 Å². The molecule has 128 valence electrons. The summed E-state index contributed by atoms with van der Waals surface area (Å²) in [6.07, 6.45) is 1.85. The Labute approximate surface area is 145 Å². The molecule has 0 amide bonds. The van der Waals surface area contributed by atoms with Gasteiger partial charge in [0, 0.05) is 23.4 Å². The molecule has 0 spiro atoms. The molecule has 0 saturated carbocycles. The molecule has 2 N–H and O–H groups in total. The van der Waals surface area contributed by atoms with Crippen LogP contribution in [0.2, 0.25) is 0 Å². The summed E-state index contributed by atoms with van der Waals surface area (Å²) in [6, 6.07) is 8.32. The van der Waals surface area contributed by atoms with E-state index in [1.165, 1.54) is 12.1 Å². The average Bonchev–Trinajstić information content (AvgIpc) is 2.61. The molecule has 0 aliphatic rings. The first-order chi connectivity index (χ1) is 11.6. The van der Waals surface area contributed by atoms with Crippen molar-refractivity contribution in [2.75, 3.05) is 21.3 Å². The van der Waals surface area contributed by atoms with Gasteiger partial charge in [-0.1, -0.05) is 6.07 Å². The van der Waals surface area contributed by atoms with Gasteiger partial charge in [-0.3, -0.25) is 0 Å². The normalized spacial score (nSPS) is 10.8. The fourth-order valence-corrected chi connectivity index (χ4v) is 2.92. The number of thioether (sulfide) groups is 1. The molecule has 0 radical (unpaired) electrons. The highest BCUT2D eigenvalue weighted by molar-refractivity contribution is 8.01. The van der Waals surface area contributed by atoms with Crippen molar-refractivity contribution in [3.63, 3.8) is 0 Å². The molecule has 6 heteroatoms. The predicted molar refractivity (Wildman–Crippen MR) is 96.2 cm³/mol. The Kier molecular flexibility index (Phi) is 6.26. The molecule has 5 nitrogen and oxygen atoms in total. The van der Waals surface area contributed by atoms with Gasteiger partial charge in [0.25, 0.3) is 0 Å². The number of hydrogen-bond donors (Lipinski definition) is 2. The number of benzene rings is 2. The SMILES string of the molecule is COc1cc(OC)c(CSC=Cc2ccc(O)c(O)c2)c(OC)c1. The van der Waals surface area contributed by atoms with Gasteiger partial charge in [0.2, 0.25) is 0 Å². The van der Waals surface area contributed by atoms with Crippen LogP contribution in [-0.4, -0.2) is 31.5 Å². The number of rotatable bonds is 7. The maximum Gasteiger partial charge on any atom is 0.157 e. The third-order valence-electron chi connectivity index (χ3n) is 3.40. The Bertz CT molecular complexity index is 702. The zero-order chi connectivity index (χ0) is 17.5. The number of methoxy groups -OCH3 is 3. The summed E-state index contributed by atoms with van der Waals surface area (Å²) in [5.74, 6) is 2.46. The molecule has 2 aromatic rings. The molecule has 0 aliphatic carbocycles. The van der Waals surface area contributed by atoms with Gasteiger partial charge in [0.15, 0.2) is 11.5 Å². The van der Waals surface area contributed by atoms with Crippen molar-refractivity contribution in [3.05, 3.63) is 46.9 Å². The lowest BCUT2D eigenvalue weighted by atomic mass is 10.2. The molecule has 0 saturated heterocycles. The van der Waals surface area contributed by atoms with Crippen molar-refractivity contribution in [2.24, 2.45) is 0 Å². The third kappa shape index (κ3) is 4.29. The van der Waals surface area contributed by atoms with Crippen LogP contribution in [0.5, 0.6) is 28.7 Å². The molecule has 0 fully saturated rings. The van der Waals surface area contributed by atoms with Gasteiger partial charge in [-0.05, 0) is 29.2 Å². The van der Waals surface area contributed by atoms with Gasteiger partial charge in [-0.2, -0.15) is 0 Å².